The van der Waals surface area contributed by atoms with E-state index in [-0.39, 0.29) is 11.9 Å². The molecule has 4 heterocycles. The van der Waals surface area contributed by atoms with Crippen molar-refractivity contribution in [3.8, 4) is 5.75 Å². The molecule has 1 aromatic carbocycles. The van der Waals surface area contributed by atoms with Crippen LogP contribution in [0.4, 0.5) is 10.5 Å². The number of nitrogens with one attached hydrogen (secondary N) is 1. The van der Waals surface area contributed by atoms with E-state index in [1.165, 1.54) is 0 Å². The second-order valence-corrected chi connectivity index (χ2v) is 8.34. The van der Waals surface area contributed by atoms with Crippen molar-refractivity contribution in [2.75, 3.05) is 38.6 Å². The highest BCUT2D eigenvalue weighted by atomic mass is 16.5. The predicted octanol–water partition coefficient (Wildman–Crippen LogP) is 1.86. The molecule has 1 N–H and O–H groups in total. The van der Waals surface area contributed by atoms with E-state index < -0.39 is 0 Å². The largest absolute Gasteiger partial charge is 0.497 e. The number of ether oxygens (including phenoxy) is 1. The van der Waals surface area contributed by atoms with Crippen LogP contribution in [0.5, 0.6) is 5.75 Å². The minimum absolute atomic E-state index is 0.162. The van der Waals surface area contributed by atoms with Crippen molar-refractivity contribution in [2.45, 2.75) is 25.8 Å². The van der Waals surface area contributed by atoms with Crippen LogP contribution < -0.4 is 10.1 Å². The normalized spacial score (nSPS) is 22.6. The van der Waals surface area contributed by atoms with E-state index in [0.29, 0.717) is 29.9 Å². The summed E-state index contributed by atoms with van der Waals surface area (Å²) >= 11 is 0. The minimum Gasteiger partial charge on any atom is -0.497 e. The molecule has 158 valence electrons. The first-order valence-electron chi connectivity index (χ1n) is 10.5. The molecule has 9 heteroatoms. The standard InChI is InChI=1S/C21H26N6O3/c1-30-17-6-4-16(5-7-17)22-20(28)19-24-23-18-10-14-11-26(12-15(14)13-27(18)19)21(29)25-8-2-3-9-25/h4-7,14-15H,2-3,8-13H2,1H3,(H,22,28)/t14-,15+/m0/s1. The number of amides is 3. The van der Waals surface area contributed by atoms with Crippen LogP contribution in [0.25, 0.3) is 0 Å². The fourth-order valence-corrected chi connectivity index (χ4v) is 4.82. The van der Waals surface area contributed by atoms with Crippen LogP contribution in [-0.2, 0) is 13.0 Å². The van der Waals surface area contributed by atoms with E-state index in [1.807, 2.05) is 14.4 Å². The van der Waals surface area contributed by atoms with Gasteiger partial charge in [0.15, 0.2) is 0 Å². The van der Waals surface area contributed by atoms with E-state index in [4.69, 9.17) is 4.74 Å². The van der Waals surface area contributed by atoms with Crippen LogP contribution in [0.3, 0.4) is 0 Å². The number of carbonyl (C=O) groups excluding carboxylic acids is 2. The van der Waals surface area contributed by atoms with Crippen molar-refractivity contribution in [2.24, 2.45) is 11.8 Å². The van der Waals surface area contributed by atoms with Crippen LogP contribution >= 0.6 is 0 Å². The maximum atomic E-state index is 12.8. The maximum absolute atomic E-state index is 12.8. The molecule has 0 bridgehead atoms. The van der Waals surface area contributed by atoms with Gasteiger partial charge in [0.1, 0.15) is 11.6 Å². The second kappa shape index (κ2) is 7.62. The second-order valence-electron chi connectivity index (χ2n) is 8.34. The van der Waals surface area contributed by atoms with Gasteiger partial charge in [-0.25, -0.2) is 4.79 Å². The van der Waals surface area contributed by atoms with Gasteiger partial charge in [0.05, 0.1) is 7.11 Å². The topological polar surface area (TPSA) is 92.6 Å². The lowest BCUT2D eigenvalue weighted by molar-refractivity contribution is 0.100. The third kappa shape index (κ3) is 3.38. The Morgan fingerprint density at radius 2 is 1.73 bits per heavy atom. The van der Waals surface area contributed by atoms with Gasteiger partial charge in [-0.1, -0.05) is 0 Å². The third-order valence-corrected chi connectivity index (χ3v) is 6.46. The van der Waals surface area contributed by atoms with Gasteiger partial charge in [-0.15, -0.1) is 10.2 Å². The van der Waals surface area contributed by atoms with Crippen molar-refractivity contribution in [1.29, 1.82) is 0 Å². The monoisotopic (exact) mass is 410 g/mol. The number of nitrogens with zero attached hydrogens (tertiary/aromatic N) is 5. The fraction of sp³-hybridized carbons (Fsp3) is 0.524. The lowest BCUT2D eigenvalue weighted by Crippen LogP contribution is -2.40. The number of benzene rings is 1. The first kappa shape index (κ1) is 18.9. The number of likely N-dealkylation sites (tertiary alicyclic amines) is 2. The Labute approximate surface area is 175 Å². The van der Waals surface area contributed by atoms with E-state index in [1.54, 1.807) is 31.4 Å². The molecular weight excluding hydrogens is 384 g/mol. The van der Waals surface area contributed by atoms with E-state index in [9.17, 15) is 9.59 Å². The van der Waals surface area contributed by atoms with Crippen molar-refractivity contribution in [1.82, 2.24) is 24.6 Å². The number of fused-ring (bicyclic) bond motifs is 2. The van der Waals surface area contributed by atoms with Crippen LogP contribution in [0.1, 0.15) is 29.3 Å². The summed E-state index contributed by atoms with van der Waals surface area (Å²) in [6.07, 6.45) is 2.94. The Morgan fingerprint density at radius 1 is 1.00 bits per heavy atom. The lowest BCUT2D eigenvalue weighted by Gasteiger charge is -2.25. The van der Waals surface area contributed by atoms with Gasteiger partial charge in [0.25, 0.3) is 5.91 Å². The zero-order valence-corrected chi connectivity index (χ0v) is 17.1. The zero-order valence-electron chi connectivity index (χ0n) is 17.1. The summed E-state index contributed by atoms with van der Waals surface area (Å²) in [6.45, 7) is 3.90. The first-order valence-corrected chi connectivity index (χ1v) is 10.5. The summed E-state index contributed by atoms with van der Waals surface area (Å²) in [5, 5.41) is 11.3. The Kier molecular flexibility index (Phi) is 4.80. The summed E-state index contributed by atoms with van der Waals surface area (Å²) in [6, 6.07) is 7.33. The Hall–Kier alpha value is -3.10. The molecular formula is C21H26N6O3. The SMILES string of the molecule is COc1ccc(NC(=O)c2nnc3n2C[C@H]2CN(C(=O)N4CCCC4)C[C@@H]2C3)cc1. The quantitative estimate of drug-likeness (QED) is 0.834. The summed E-state index contributed by atoms with van der Waals surface area (Å²) < 4.78 is 7.07. The first-order chi connectivity index (χ1) is 14.6. The van der Waals surface area contributed by atoms with Crippen LogP contribution in [-0.4, -0.2) is 69.8 Å². The molecule has 2 atom stereocenters. The van der Waals surface area contributed by atoms with Gasteiger partial charge in [-0.3, -0.25) is 4.79 Å². The molecule has 0 aliphatic carbocycles. The molecule has 5 rings (SSSR count). The summed E-state index contributed by atoms with van der Waals surface area (Å²) in [4.78, 5) is 29.5. The molecule has 0 spiro atoms. The number of carbonyl (C=O) groups is 2. The number of anilines is 1. The molecule has 0 unspecified atom stereocenters. The molecule has 2 saturated heterocycles. The van der Waals surface area contributed by atoms with Gasteiger partial charge in [0.2, 0.25) is 5.82 Å². The van der Waals surface area contributed by atoms with Crippen molar-refractivity contribution in [3.63, 3.8) is 0 Å². The number of hydrogen-bond acceptors (Lipinski definition) is 5. The predicted molar refractivity (Wildman–Crippen MR) is 109 cm³/mol. The highest BCUT2D eigenvalue weighted by Crippen LogP contribution is 2.33. The number of hydrogen-bond donors (Lipinski definition) is 1. The Bertz CT molecular complexity index is 950. The molecule has 0 radical (unpaired) electrons. The summed E-state index contributed by atoms with van der Waals surface area (Å²) in [5.74, 6) is 2.31. The van der Waals surface area contributed by atoms with Gasteiger partial charge >= 0.3 is 6.03 Å². The van der Waals surface area contributed by atoms with Crippen LogP contribution in [0.2, 0.25) is 0 Å². The number of aromatic nitrogens is 3. The van der Waals surface area contributed by atoms with Gasteiger partial charge < -0.3 is 24.4 Å². The lowest BCUT2D eigenvalue weighted by atomic mass is 9.89. The molecule has 2 fully saturated rings. The van der Waals surface area contributed by atoms with E-state index in [2.05, 4.69) is 15.5 Å². The van der Waals surface area contributed by atoms with Crippen molar-refractivity contribution >= 4 is 17.6 Å². The zero-order chi connectivity index (χ0) is 20.7. The average Bonchev–Trinajstić information content (AvgIpc) is 3.51. The minimum atomic E-state index is -0.277. The molecule has 1 aromatic heterocycles. The molecule has 30 heavy (non-hydrogen) atoms. The number of methoxy groups -OCH3 is 1. The van der Waals surface area contributed by atoms with Crippen LogP contribution in [0.15, 0.2) is 24.3 Å². The summed E-state index contributed by atoms with van der Waals surface area (Å²) in [7, 11) is 1.60. The third-order valence-electron chi connectivity index (χ3n) is 6.46. The van der Waals surface area contributed by atoms with Gasteiger partial charge in [-0.2, -0.15) is 0 Å². The highest BCUT2D eigenvalue weighted by molar-refractivity contribution is 6.01. The molecule has 3 aliphatic heterocycles. The Balaban J connectivity index is 1.27. The smallest absolute Gasteiger partial charge is 0.320 e. The van der Waals surface area contributed by atoms with E-state index in [0.717, 1.165) is 57.0 Å². The fourth-order valence-electron chi connectivity index (χ4n) is 4.82. The number of urea groups is 1. The molecule has 2 aromatic rings. The maximum Gasteiger partial charge on any atom is 0.320 e. The van der Waals surface area contributed by atoms with Crippen LogP contribution in [0, 0.1) is 11.8 Å². The average molecular weight is 410 g/mol. The molecule has 0 saturated carbocycles. The van der Waals surface area contributed by atoms with Gasteiger partial charge in [-0.05, 0) is 48.9 Å². The highest BCUT2D eigenvalue weighted by Gasteiger charge is 2.41. The van der Waals surface area contributed by atoms with Crippen molar-refractivity contribution < 1.29 is 14.3 Å². The molecule has 3 aliphatic rings. The van der Waals surface area contributed by atoms with Crippen molar-refractivity contribution in [3.05, 3.63) is 35.9 Å². The summed E-state index contributed by atoms with van der Waals surface area (Å²) in [5.41, 5.74) is 0.676. The number of rotatable bonds is 3. The molecule has 9 nitrogen and oxygen atoms in total. The van der Waals surface area contributed by atoms with Gasteiger partial charge in [0, 0.05) is 44.8 Å². The molecule has 3 amide bonds. The van der Waals surface area contributed by atoms with E-state index >= 15 is 0 Å². The Morgan fingerprint density at radius 3 is 2.47 bits per heavy atom.